The van der Waals surface area contributed by atoms with Gasteiger partial charge in [0, 0.05) is 31.2 Å². The summed E-state index contributed by atoms with van der Waals surface area (Å²) in [7, 11) is 0. The molecule has 1 aliphatic heterocycles. The van der Waals surface area contributed by atoms with E-state index in [1.165, 1.54) is 0 Å². The summed E-state index contributed by atoms with van der Waals surface area (Å²) in [5.41, 5.74) is 2.02. The van der Waals surface area contributed by atoms with Gasteiger partial charge in [-0.15, -0.1) is 0 Å². The van der Waals surface area contributed by atoms with Crippen LogP contribution in [0, 0.1) is 0 Å². The van der Waals surface area contributed by atoms with Crippen LogP contribution in [0.2, 0.25) is 0 Å². The van der Waals surface area contributed by atoms with Crippen LogP contribution >= 0.6 is 0 Å². The van der Waals surface area contributed by atoms with Gasteiger partial charge < -0.3 is 14.9 Å². The third kappa shape index (κ3) is 3.35. The lowest BCUT2D eigenvalue weighted by atomic mass is 9.98. The van der Waals surface area contributed by atoms with E-state index in [0.717, 1.165) is 11.3 Å². The second-order valence-corrected chi connectivity index (χ2v) is 5.30. The lowest BCUT2D eigenvalue weighted by molar-refractivity contribution is -0.137. The molecule has 0 fully saturated rings. The Hall–Kier alpha value is -2.04. The predicted molar refractivity (Wildman–Crippen MR) is 81.6 cm³/mol. The number of hydrogen-bond donors (Lipinski definition) is 1. The number of fused-ring (bicyclic) bond motifs is 1. The van der Waals surface area contributed by atoms with Crippen molar-refractivity contribution in [2.45, 2.75) is 26.2 Å². The van der Waals surface area contributed by atoms with Gasteiger partial charge in [-0.1, -0.05) is 18.2 Å². The fraction of sp³-hybridized carbons (Fsp3) is 0.500. The molecule has 0 spiro atoms. The maximum atomic E-state index is 12.3. The molecule has 0 radical (unpaired) electrons. The third-order valence-electron chi connectivity index (χ3n) is 4.02. The average molecular weight is 290 g/mol. The topological polar surface area (TPSA) is 60.9 Å². The maximum absolute atomic E-state index is 12.3. The summed E-state index contributed by atoms with van der Waals surface area (Å²) in [5.74, 6) is -0.749. The van der Waals surface area contributed by atoms with Crippen molar-refractivity contribution >= 4 is 17.6 Å². The van der Waals surface area contributed by atoms with Crippen molar-refractivity contribution in [2.24, 2.45) is 0 Å². The number of carbonyl (C=O) groups excluding carboxylic acids is 1. The minimum atomic E-state index is -0.799. The number of carbonyl (C=O) groups is 2. The van der Waals surface area contributed by atoms with E-state index in [4.69, 9.17) is 5.11 Å². The highest BCUT2D eigenvalue weighted by Crippen LogP contribution is 2.37. The molecular weight excluding hydrogens is 268 g/mol. The van der Waals surface area contributed by atoms with Crippen LogP contribution in [0.15, 0.2) is 24.3 Å². The molecule has 1 N–H and O–H groups in total. The molecule has 1 heterocycles. The summed E-state index contributed by atoms with van der Waals surface area (Å²) in [6.45, 7) is 6.24. The van der Waals surface area contributed by atoms with Crippen LogP contribution in [0.1, 0.15) is 31.7 Å². The smallest absolute Gasteiger partial charge is 0.304 e. The molecule has 1 amide bonds. The van der Waals surface area contributed by atoms with Gasteiger partial charge in [0.05, 0.1) is 13.0 Å². The van der Waals surface area contributed by atoms with E-state index in [9.17, 15) is 9.59 Å². The molecule has 1 aliphatic rings. The van der Waals surface area contributed by atoms with Gasteiger partial charge in [-0.2, -0.15) is 0 Å². The van der Waals surface area contributed by atoms with Crippen molar-refractivity contribution in [3.05, 3.63) is 29.8 Å². The molecule has 0 saturated heterocycles. The van der Waals surface area contributed by atoms with Crippen LogP contribution in [0.4, 0.5) is 5.69 Å². The van der Waals surface area contributed by atoms with E-state index in [1.807, 2.05) is 43.0 Å². The molecule has 0 aromatic heterocycles. The van der Waals surface area contributed by atoms with Crippen LogP contribution in [-0.4, -0.2) is 48.1 Å². The Balaban J connectivity index is 2.15. The van der Waals surface area contributed by atoms with Crippen molar-refractivity contribution in [2.75, 3.05) is 31.1 Å². The summed E-state index contributed by atoms with van der Waals surface area (Å²) in [6, 6.07) is 7.78. The number of likely N-dealkylation sites (N-methyl/N-ethyl adjacent to an activating group) is 1. The van der Waals surface area contributed by atoms with Gasteiger partial charge in [-0.05, 0) is 25.5 Å². The Morgan fingerprint density at radius 3 is 2.57 bits per heavy atom. The number of aliphatic carboxylic acids is 1. The second-order valence-electron chi connectivity index (χ2n) is 5.30. The van der Waals surface area contributed by atoms with Crippen LogP contribution in [0.3, 0.4) is 0 Å². The monoisotopic (exact) mass is 290 g/mol. The quantitative estimate of drug-likeness (QED) is 0.869. The number of anilines is 1. The largest absolute Gasteiger partial charge is 0.481 e. The Labute approximate surface area is 125 Å². The number of para-hydroxylation sites is 1. The van der Waals surface area contributed by atoms with Gasteiger partial charge >= 0.3 is 5.97 Å². The summed E-state index contributed by atoms with van der Waals surface area (Å²) in [6.07, 6.45) is 0.104. The summed E-state index contributed by atoms with van der Waals surface area (Å²) in [5, 5.41) is 9.04. The first kappa shape index (κ1) is 15.4. The van der Waals surface area contributed by atoms with Crippen molar-refractivity contribution < 1.29 is 14.7 Å². The molecule has 0 bridgehead atoms. The zero-order valence-electron chi connectivity index (χ0n) is 12.6. The molecule has 0 saturated carbocycles. The van der Waals surface area contributed by atoms with Gasteiger partial charge in [0.25, 0.3) is 0 Å². The molecule has 5 nitrogen and oxygen atoms in total. The molecule has 5 heteroatoms. The highest BCUT2D eigenvalue weighted by atomic mass is 16.4. The van der Waals surface area contributed by atoms with Crippen LogP contribution in [0.5, 0.6) is 0 Å². The first-order valence-corrected chi connectivity index (χ1v) is 7.40. The predicted octanol–water partition coefficient (Wildman–Crippen LogP) is 1.93. The van der Waals surface area contributed by atoms with E-state index < -0.39 is 5.97 Å². The van der Waals surface area contributed by atoms with Crippen molar-refractivity contribution in [3.8, 4) is 0 Å². The number of amides is 1. The molecule has 114 valence electrons. The average Bonchev–Trinajstić information content (AvgIpc) is 2.78. The van der Waals surface area contributed by atoms with E-state index >= 15 is 0 Å². The van der Waals surface area contributed by atoms with Crippen molar-refractivity contribution in [1.29, 1.82) is 0 Å². The van der Waals surface area contributed by atoms with Gasteiger partial charge in [0.1, 0.15) is 0 Å². The van der Waals surface area contributed by atoms with Crippen molar-refractivity contribution in [1.82, 2.24) is 4.90 Å². The lowest BCUT2D eigenvalue weighted by Crippen LogP contribution is -2.40. The number of nitrogens with zero attached hydrogens (tertiary/aromatic N) is 2. The third-order valence-corrected chi connectivity index (χ3v) is 4.02. The minimum Gasteiger partial charge on any atom is -0.481 e. The van der Waals surface area contributed by atoms with Crippen LogP contribution in [0.25, 0.3) is 0 Å². The lowest BCUT2D eigenvalue weighted by Gasteiger charge is -2.24. The Morgan fingerprint density at radius 1 is 1.29 bits per heavy atom. The molecule has 1 aromatic carbocycles. The molecular formula is C16H22N2O3. The summed E-state index contributed by atoms with van der Waals surface area (Å²) < 4.78 is 0. The van der Waals surface area contributed by atoms with E-state index in [2.05, 4.69) is 0 Å². The standard InChI is InChI=1S/C16H22N2O3/c1-3-17(4-2)15(19)11-18-10-12(9-16(20)21)13-7-5-6-8-14(13)18/h5-8,12H,3-4,9-11H2,1-2H3,(H,20,21). The van der Waals surface area contributed by atoms with E-state index in [1.54, 1.807) is 4.90 Å². The fourth-order valence-electron chi connectivity index (χ4n) is 2.96. The molecule has 2 rings (SSSR count). The molecule has 21 heavy (non-hydrogen) atoms. The van der Waals surface area contributed by atoms with Gasteiger partial charge in [-0.3, -0.25) is 9.59 Å². The zero-order valence-corrected chi connectivity index (χ0v) is 12.6. The first-order valence-electron chi connectivity index (χ1n) is 7.40. The van der Waals surface area contributed by atoms with E-state index in [0.29, 0.717) is 26.2 Å². The number of hydrogen-bond acceptors (Lipinski definition) is 3. The van der Waals surface area contributed by atoms with Gasteiger partial charge in [-0.25, -0.2) is 0 Å². The SMILES string of the molecule is CCN(CC)C(=O)CN1CC(CC(=O)O)c2ccccc21. The van der Waals surface area contributed by atoms with E-state index in [-0.39, 0.29) is 18.2 Å². The Bertz CT molecular complexity index is 526. The van der Waals surface area contributed by atoms with Crippen LogP contribution < -0.4 is 4.90 Å². The normalized spacial score (nSPS) is 16.7. The zero-order chi connectivity index (χ0) is 15.4. The first-order chi connectivity index (χ1) is 10.1. The molecule has 1 aromatic rings. The minimum absolute atomic E-state index is 0.0387. The molecule has 0 aliphatic carbocycles. The summed E-state index contributed by atoms with van der Waals surface area (Å²) in [4.78, 5) is 27.1. The summed E-state index contributed by atoms with van der Waals surface area (Å²) >= 11 is 0. The Kier molecular flexibility index (Phi) is 4.83. The highest BCUT2D eigenvalue weighted by Gasteiger charge is 2.31. The van der Waals surface area contributed by atoms with Gasteiger partial charge in [0.15, 0.2) is 0 Å². The van der Waals surface area contributed by atoms with Crippen LogP contribution in [-0.2, 0) is 9.59 Å². The number of rotatable bonds is 6. The fourth-order valence-corrected chi connectivity index (χ4v) is 2.96. The number of benzene rings is 1. The maximum Gasteiger partial charge on any atom is 0.304 e. The number of carboxylic acids is 1. The van der Waals surface area contributed by atoms with Crippen molar-refractivity contribution in [3.63, 3.8) is 0 Å². The molecule has 1 atom stereocenters. The second kappa shape index (κ2) is 6.61. The Morgan fingerprint density at radius 2 is 1.95 bits per heavy atom. The van der Waals surface area contributed by atoms with Gasteiger partial charge in [0.2, 0.25) is 5.91 Å². The highest BCUT2D eigenvalue weighted by molar-refractivity contribution is 5.83. The molecule has 1 unspecified atom stereocenters. The number of carboxylic acid groups (broad SMARTS) is 1.